The summed E-state index contributed by atoms with van der Waals surface area (Å²) in [6.45, 7) is 0.802. The third-order valence-corrected chi connectivity index (χ3v) is 3.82. The predicted molar refractivity (Wildman–Crippen MR) is 88.2 cm³/mol. The third-order valence-electron chi connectivity index (χ3n) is 3.82. The number of carbonyl (C=O) groups excluding carboxylic acids is 2. The monoisotopic (exact) mass is 370 g/mol. The summed E-state index contributed by atoms with van der Waals surface area (Å²) in [4.78, 5) is 38.3. The lowest BCUT2D eigenvalue weighted by Gasteiger charge is -2.22. The van der Waals surface area contributed by atoms with Crippen LogP contribution in [0.25, 0.3) is 0 Å². The van der Waals surface area contributed by atoms with Crippen molar-refractivity contribution in [2.75, 3.05) is 25.6 Å². The van der Waals surface area contributed by atoms with Gasteiger partial charge in [0, 0.05) is 26.6 Å². The van der Waals surface area contributed by atoms with E-state index in [1.54, 1.807) is 0 Å². The second kappa shape index (κ2) is 8.85. The van der Waals surface area contributed by atoms with Gasteiger partial charge in [-0.15, -0.1) is 0 Å². The topological polar surface area (TPSA) is 152 Å². The van der Waals surface area contributed by atoms with Crippen LogP contribution in [0.5, 0.6) is 0 Å². The molecule has 2 amide bonds. The lowest BCUT2D eigenvalue weighted by molar-refractivity contribution is -0.124. The molecular formula is C15H22N4O7. The minimum absolute atomic E-state index is 0.00837. The Labute approximate surface area is 148 Å². The Balaban J connectivity index is 2.19. The van der Waals surface area contributed by atoms with Crippen LogP contribution in [-0.2, 0) is 19.1 Å². The summed E-state index contributed by atoms with van der Waals surface area (Å²) in [7, 11) is 1.49. The van der Waals surface area contributed by atoms with Gasteiger partial charge < -0.3 is 30.3 Å². The van der Waals surface area contributed by atoms with Crippen molar-refractivity contribution in [3.63, 3.8) is 0 Å². The average Bonchev–Trinajstić information content (AvgIpc) is 2.90. The van der Waals surface area contributed by atoms with Crippen molar-refractivity contribution in [1.29, 1.82) is 0 Å². The molecule has 1 fully saturated rings. The van der Waals surface area contributed by atoms with Gasteiger partial charge in [-0.25, -0.2) is 4.79 Å². The highest BCUT2D eigenvalue weighted by molar-refractivity contribution is 5.87. The maximum Gasteiger partial charge on any atom is 0.351 e. The fourth-order valence-corrected chi connectivity index (χ4v) is 2.54. The molecule has 1 aliphatic heterocycles. The van der Waals surface area contributed by atoms with Gasteiger partial charge >= 0.3 is 5.69 Å². The van der Waals surface area contributed by atoms with E-state index in [1.807, 2.05) is 0 Å². The van der Waals surface area contributed by atoms with Gasteiger partial charge in [-0.05, 0) is 6.07 Å². The first-order valence-electron chi connectivity index (χ1n) is 8.00. The molecule has 0 aliphatic carbocycles. The molecule has 1 aliphatic rings. The number of rotatable bonds is 7. The summed E-state index contributed by atoms with van der Waals surface area (Å²) in [5.74, 6) is -0.543. The number of anilines is 1. The fourth-order valence-electron chi connectivity index (χ4n) is 2.54. The number of amides is 2. The number of hydrogen-bond acceptors (Lipinski definition) is 8. The molecule has 144 valence electrons. The Bertz CT molecular complexity index is 707. The molecule has 0 saturated carbocycles. The largest absolute Gasteiger partial charge is 0.394 e. The van der Waals surface area contributed by atoms with Crippen molar-refractivity contribution < 1.29 is 29.3 Å². The maximum absolute atomic E-state index is 12.2. The van der Waals surface area contributed by atoms with Gasteiger partial charge in [0.05, 0.1) is 13.2 Å². The van der Waals surface area contributed by atoms with Gasteiger partial charge in [0.1, 0.15) is 24.1 Å². The standard InChI is InChI=1S/C15H22N4O7/c1-8(21)17-10-3-5-19(15(24)18-10)14-13(12(23)9(7-20)26-14)25-6-4-11(22)16-2/h3,5,9,12-14,20,23H,4,6-7H2,1-2H3,(H,16,22)(H,17,18,21,24)/t9-,12-,13-,14-/m1/s1. The molecule has 0 spiro atoms. The van der Waals surface area contributed by atoms with Crippen LogP contribution in [0, 0.1) is 0 Å². The molecule has 2 heterocycles. The zero-order valence-electron chi connectivity index (χ0n) is 14.4. The van der Waals surface area contributed by atoms with Crippen molar-refractivity contribution in [2.45, 2.75) is 37.9 Å². The minimum Gasteiger partial charge on any atom is -0.394 e. The minimum atomic E-state index is -1.20. The normalized spacial score (nSPS) is 25.1. The van der Waals surface area contributed by atoms with E-state index in [1.165, 1.54) is 26.2 Å². The molecule has 0 aromatic carbocycles. The molecule has 0 unspecified atom stereocenters. The first-order chi connectivity index (χ1) is 12.4. The highest BCUT2D eigenvalue weighted by Crippen LogP contribution is 2.30. The van der Waals surface area contributed by atoms with Gasteiger partial charge in [-0.1, -0.05) is 0 Å². The maximum atomic E-state index is 12.2. The molecule has 1 aromatic rings. The molecule has 2 rings (SSSR count). The molecule has 1 aromatic heterocycles. The van der Waals surface area contributed by atoms with E-state index in [0.717, 1.165) is 4.57 Å². The molecule has 0 bridgehead atoms. The van der Waals surface area contributed by atoms with Gasteiger partial charge in [0.25, 0.3) is 0 Å². The van der Waals surface area contributed by atoms with E-state index in [2.05, 4.69) is 15.6 Å². The number of carbonyl (C=O) groups is 2. The van der Waals surface area contributed by atoms with Gasteiger partial charge in [0.15, 0.2) is 6.23 Å². The SMILES string of the molecule is CNC(=O)CCO[C@@H]1[C@H](O)[C@@H](CO)O[C@H]1n1ccc(NC(C)=O)nc1=O. The molecule has 11 nitrogen and oxygen atoms in total. The molecule has 26 heavy (non-hydrogen) atoms. The lowest BCUT2D eigenvalue weighted by Crippen LogP contribution is -2.38. The fraction of sp³-hybridized carbons (Fsp3) is 0.600. The number of ether oxygens (including phenoxy) is 2. The molecule has 4 atom stereocenters. The quantitative estimate of drug-likeness (QED) is 0.429. The lowest BCUT2D eigenvalue weighted by atomic mass is 10.1. The Morgan fingerprint density at radius 1 is 1.46 bits per heavy atom. The van der Waals surface area contributed by atoms with Crippen LogP contribution in [0.15, 0.2) is 17.1 Å². The Morgan fingerprint density at radius 3 is 2.77 bits per heavy atom. The van der Waals surface area contributed by atoms with Crippen molar-refractivity contribution in [3.05, 3.63) is 22.7 Å². The Hall–Kier alpha value is -2.34. The van der Waals surface area contributed by atoms with Crippen LogP contribution >= 0.6 is 0 Å². The van der Waals surface area contributed by atoms with Gasteiger partial charge in [-0.2, -0.15) is 4.98 Å². The predicted octanol–water partition coefficient (Wildman–Crippen LogP) is -2.03. The van der Waals surface area contributed by atoms with Crippen LogP contribution < -0.4 is 16.3 Å². The van der Waals surface area contributed by atoms with Crippen LogP contribution in [-0.4, -0.2) is 70.2 Å². The highest BCUT2D eigenvalue weighted by atomic mass is 16.6. The van der Waals surface area contributed by atoms with E-state index in [4.69, 9.17) is 9.47 Å². The summed E-state index contributed by atoms with van der Waals surface area (Å²) >= 11 is 0. The third kappa shape index (κ3) is 4.64. The van der Waals surface area contributed by atoms with Crippen molar-refractivity contribution in [2.24, 2.45) is 0 Å². The molecular weight excluding hydrogens is 348 g/mol. The smallest absolute Gasteiger partial charge is 0.351 e. The first kappa shape index (κ1) is 20.0. The summed E-state index contributed by atoms with van der Waals surface area (Å²) in [5.41, 5.74) is -0.730. The molecule has 1 saturated heterocycles. The first-order valence-corrected chi connectivity index (χ1v) is 8.00. The molecule has 11 heteroatoms. The second-order valence-corrected chi connectivity index (χ2v) is 5.68. The highest BCUT2D eigenvalue weighted by Gasteiger charge is 2.45. The van der Waals surface area contributed by atoms with Crippen molar-refractivity contribution in [3.8, 4) is 0 Å². The number of nitrogens with one attached hydrogen (secondary N) is 2. The number of nitrogens with zero attached hydrogens (tertiary/aromatic N) is 2. The molecule has 0 radical (unpaired) electrons. The Kier molecular flexibility index (Phi) is 6.80. The van der Waals surface area contributed by atoms with Crippen LogP contribution in [0.3, 0.4) is 0 Å². The Morgan fingerprint density at radius 2 is 2.19 bits per heavy atom. The molecule has 4 N–H and O–H groups in total. The summed E-state index contributed by atoms with van der Waals surface area (Å²) in [6.07, 6.45) is -2.78. The van der Waals surface area contributed by atoms with E-state index in [9.17, 15) is 24.6 Å². The van der Waals surface area contributed by atoms with Crippen molar-refractivity contribution in [1.82, 2.24) is 14.9 Å². The van der Waals surface area contributed by atoms with E-state index < -0.39 is 36.8 Å². The van der Waals surface area contributed by atoms with Crippen LogP contribution in [0.1, 0.15) is 19.6 Å². The zero-order valence-corrected chi connectivity index (χ0v) is 14.4. The zero-order chi connectivity index (χ0) is 19.3. The second-order valence-electron chi connectivity index (χ2n) is 5.68. The van der Waals surface area contributed by atoms with E-state index in [0.29, 0.717) is 0 Å². The number of aliphatic hydroxyl groups excluding tert-OH is 2. The van der Waals surface area contributed by atoms with E-state index >= 15 is 0 Å². The van der Waals surface area contributed by atoms with Crippen LogP contribution in [0.4, 0.5) is 5.82 Å². The summed E-state index contributed by atoms with van der Waals surface area (Å²) in [5, 5.41) is 24.4. The van der Waals surface area contributed by atoms with Crippen LogP contribution in [0.2, 0.25) is 0 Å². The summed E-state index contributed by atoms with van der Waals surface area (Å²) < 4.78 is 12.1. The number of aliphatic hydroxyl groups is 2. The average molecular weight is 370 g/mol. The summed E-state index contributed by atoms with van der Waals surface area (Å²) in [6, 6.07) is 1.40. The number of aromatic nitrogens is 2. The van der Waals surface area contributed by atoms with Gasteiger partial charge in [0.2, 0.25) is 11.8 Å². The number of hydrogen-bond donors (Lipinski definition) is 4. The van der Waals surface area contributed by atoms with Gasteiger partial charge in [-0.3, -0.25) is 14.2 Å². The van der Waals surface area contributed by atoms with Crippen molar-refractivity contribution >= 4 is 17.6 Å². The van der Waals surface area contributed by atoms with E-state index in [-0.39, 0.29) is 30.7 Å².